The fourth-order valence-electron chi connectivity index (χ4n) is 2.67. The van der Waals surface area contributed by atoms with E-state index in [0.717, 1.165) is 6.42 Å². The standard InChI is InChI=1S/C15H28N2O6S/c1-4-5-10-24(21,22)17-8-6-12(7-9-17)13(18)16-15(2,11-23-3)14(19)20/h12H,4-11H2,1-3H3,(H,16,18)(H,19,20). The van der Waals surface area contributed by atoms with Gasteiger partial charge < -0.3 is 15.2 Å². The predicted molar refractivity (Wildman–Crippen MR) is 89.1 cm³/mol. The fourth-order valence-corrected chi connectivity index (χ4v) is 4.34. The highest BCUT2D eigenvalue weighted by atomic mass is 32.2. The average molecular weight is 364 g/mol. The molecule has 1 aliphatic heterocycles. The van der Waals surface area contributed by atoms with E-state index in [1.54, 1.807) is 0 Å². The fraction of sp³-hybridized carbons (Fsp3) is 0.867. The molecule has 0 saturated carbocycles. The normalized spacial score (nSPS) is 19.6. The van der Waals surface area contributed by atoms with Gasteiger partial charge in [0.05, 0.1) is 12.4 Å². The number of amides is 1. The number of nitrogens with zero attached hydrogens (tertiary/aromatic N) is 1. The van der Waals surface area contributed by atoms with Crippen molar-refractivity contribution in [2.45, 2.75) is 45.1 Å². The molecule has 1 rings (SSSR count). The molecule has 1 heterocycles. The van der Waals surface area contributed by atoms with E-state index in [9.17, 15) is 23.1 Å². The Balaban J connectivity index is 2.61. The monoisotopic (exact) mass is 364 g/mol. The number of carbonyl (C=O) groups excluding carboxylic acids is 1. The summed E-state index contributed by atoms with van der Waals surface area (Å²) < 4.78 is 30.6. The largest absolute Gasteiger partial charge is 0.479 e. The zero-order valence-electron chi connectivity index (χ0n) is 14.6. The minimum atomic E-state index is -3.26. The van der Waals surface area contributed by atoms with Crippen molar-refractivity contribution >= 4 is 21.9 Å². The second-order valence-electron chi connectivity index (χ2n) is 6.40. The Labute approximate surface area is 143 Å². The van der Waals surface area contributed by atoms with Crippen molar-refractivity contribution in [3.63, 3.8) is 0 Å². The lowest BCUT2D eigenvalue weighted by atomic mass is 9.95. The van der Waals surface area contributed by atoms with E-state index >= 15 is 0 Å². The van der Waals surface area contributed by atoms with Crippen LogP contribution in [-0.2, 0) is 24.3 Å². The molecule has 0 aromatic carbocycles. The number of unbranched alkanes of at least 4 members (excludes halogenated alkanes) is 1. The maximum Gasteiger partial charge on any atom is 0.331 e. The van der Waals surface area contributed by atoms with Crippen LogP contribution in [0.1, 0.15) is 39.5 Å². The van der Waals surface area contributed by atoms with Crippen molar-refractivity contribution in [1.29, 1.82) is 0 Å². The number of carboxylic acids is 1. The lowest BCUT2D eigenvalue weighted by Crippen LogP contribution is -2.57. The maximum atomic E-state index is 12.3. The number of sulfonamides is 1. The molecule has 1 fully saturated rings. The summed E-state index contributed by atoms with van der Waals surface area (Å²) in [6.07, 6.45) is 2.21. The first-order valence-electron chi connectivity index (χ1n) is 8.18. The highest BCUT2D eigenvalue weighted by Gasteiger charge is 2.38. The number of carboxylic acid groups (broad SMARTS) is 1. The Morgan fingerprint density at radius 2 is 1.92 bits per heavy atom. The summed E-state index contributed by atoms with van der Waals surface area (Å²) in [4.78, 5) is 23.7. The third-order valence-corrected chi connectivity index (χ3v) is 6.23. The van der Waals surface area contributed by atoms with Crippen molar-refractivity contribution in [2.75, 3.05) is 32.6 Å². The minimum Gasteiger partial charge on any atom is -0.479 e. The number of methoxy groups -OCH3 is 1. The third-order valence-electron chi connectivity index (χ3n) is 4.28. The Morgan fingerprint density at radius 3 is 2.38 bits per heavy atom. The molecule has 2 N–H and O–H groups in total. The van der Waals surface area contributed by atoms with E-state index in [2.05, 4.69) is 5.32 Å². The van der Waals surface area contributed by atoms with Gasteiger partial charge in [-0.25, -0.2) is 17.5 Å². The Hall–Kier alpha value is -1.19. The van der Waals surface area contributed by atoms with Crippen LogP contribution in [0, 0.1) is 5.92 Å². The zero-order valence-corrected chi connectivity index (χ0v) is 15.4. The first-order valence-corrected chi connectivity index (χ1v) is 9.79. The molecule has 1 unspecified atom stereocenters. The van der Waals surface area contributed by atoms with Crippen LogP contribution in [-0.4, -0.2) is 67.8 Å². The van der Waals surface area contributed by atoms with Crippen LogP contribution in [0.2, 0.25) is 0 Å². The summed E-state index contributed by atoms with van der Waals surface area (Å²) in [5.41, 5.74) is -1.49. The molecule has 0 bridgehead atoms. The smallest absolute Gasteiger partial charge is 0.331 e. The summed E-state index contributed by atoms with van der Waals surface area (Å²) in [5, 5.41) is 11.8. The van der Waals surface area contributed by atoms with Gasteiger partial charge in [0, 0.05) is 26.1 Å². The van der Waals surface area contributed by atoms with Gasteiger partial charge in [-0.2, -0.15) is 0 Å². The van der Waals surface area contributed by atoms with E-state index in [-0.39, 0.29) is 31.4 Å². The van der Waals surface area contributed by atoms with E-state index in [4.69, 9.17) is 4.74 Å². The third kappa shape index (κ3) is 5.42. The first-order chi connectivity index (χ1) is 11.2. The molecule has 9 heteroatoms. The van der Waals surface area contributed by atoms with Gasteiger partial charge in [0.1, 0.15) is 0 Å². The van der Waals surface area contributed by atoms with Gasteiger partial charge in [0.25, 0.3) is 0 Å². The molecule has 1 saturated heterocycles. The van der Waals surface area contributed by atoms with Crippen molar-refractivity contribution in [3.05, 3.63) is 0 Å². The molecule has 1 amide bonds. The molecule has 0 aromatic heterocycles. The zero-order chi connectivity index (χ0) is 18.4. The number of hydrogen-bond donors (Lipinski definition) is 2. The van der Waals surface area contributed by atoms with E-state index in [1.807, 2.05) is 6.92 Å². The Morgan fingerprint density at radius 1 is 1.33 bits per heavy atom. The lowest BCUT2D eigenvalue weighted by molar-refractivity contribution is -0.150. The molecule has 0 radical (unpaired) electrons. The average Bonchev–Trinajstić information content (AvgIpc) is 2.53. The number of piperidine rings is 1. The number of carbonyl (C=O) groups is 2. The summed E-state index contributed by atoms with van der Waals surface area (Å²) in [6, 6.07) is 0. The molecule has 140 valence electrons. The Bertz CT molecular complexity index is 542. The summed E-state index contributed by atoms with van der Waals surface area (Å²) in [5.74, 6) is -1.80. The molecule has 0 aliphatic carbocycles. The molecular formula is C15H28N2O6S. The van der Waals surface area contributed by atoms with Crippen LogP contribution in [0.5, 0.6) is 0 Å². The van der Waals surface area contributed by atoms with Gasteiger partial charge in [-0.1, -0.05) is 13.3 Å². The Kier molecular flexibility index (Phi) is 7.62. The number of aliphatic carboxylic acids is 1. The van der Waals surface area contributed by atoms with Crippen LogP contribution in [0.25, 0.3) is 0 Å². The number of ether oxygens (including phenoxy) is 1. The van der Waals surface area contributed by atoms with Crippen LogP contribution in [0.15, 0.2) is 0 Å². The van der Waals surface area contributed by atoms with Gasteiger partial charge in [0.2, 0.25) is 15.9 Å². The van der Waals surface area contributed by atoms with Gasteiger partial charge in [0.15, 0.2) is 5.54 Å². The number of rotatable bonds is 9. The van der Waals surface area contributed by atoms with Crippen LogP contribution in [0.3, 0.4) is 0 Å². The van der Waals surface area contributed by atoms with Crippen LogP contribution < -0.4 is 5.32 Å². The molecule has 1 aliphatic rings. The highest BCUT2D eigenvalue weighted by molar-refractivity contribution is 7.89. The second kappa shape index (κ2) is 8.77. The highest BCUT2D eigenvalue weighted by Crippen LogP contribution is 2.21. The van der Waals surface area contributed by atoms with Gasteiger partial charge in [-0.15, -0.1) is 0 Å². The predicted octanol–water partition coefficient (Wildman–Crippen LogP) is 0.434. The topological polar surface area (TPSA) is 113 Å². The van der Waals surface area contributed by atoms with Crippen molar-refractivity contribution < 1.29 is 27.9 Å². The molecule has 1 atom stereocenters. The van der Waals surface area contributed by atoms with Gasteiger partial charge in [-0.3, -0.25) is 4.79 Å². The molecule has 24 heavy (non-hydrogen) atoms. The summed E-state index contributed by atoms with van der Waals surface area (Å²) in [7, 11) is -1.90. The molecule has 0 spiro atoms. The summed E-state index contributed by atoms with van der Waals surface area (Å²) >= 11 is 0. The van der Waals surface area contributed by atoms with Crippen molar-refractivity contribution in [2.24, 2.45) is 5.92 Å². The van der Waals surface area contributed by atoms with Gasteiger partial charge >= 0.3 is 5.97 Å². The lowest BCUT2D eigenvalue weighted by Gasteiger charge is -2.33. The molecule has 0 aromatic rings. The van der Waals surface area contributed by atoms with Crippen molar-refractivity contribution in [1.82, 2.24) is 9.62 Å². The maximum absolute atomic E-state index is 12.3. The number of hydrogen-bond acceptors (Lipinski definition) is 5. The number of nitrogens with one attached hydrogen (secondary N) is 1. The van der Waals surface area contributed by atoms with E-state index < -0.39 is 27.4 Å². The van der Waals surface area contributed by atoms with Crippen molar-refractivity contribution in [3.8, 4) is 0 Å². The quantitative estimate of drug-likeness (QED) is 0.614. The second-order valence-corrected chi connectivity index (χ2v) is 8.49. The SMILES string of the molecule is CCCCS(=O)(=O)N1CCC(C(=O)NC(C)(COC)C(=O)O)CC1. The minimum absolute atomic E-state index is 0.130. The van der Waals surface area contributed by atoms with E-state index in [1.165, 1.54) is 18.3 Å². The van der Waals surface area contributed by atoms with Gasteiger partial charge in [-0.05, 0) is 26.2 Å². The molecular weight excluding hydrogens is 336 g/mol. The molecule has 8 nitrogen and oxygen atoms in total. The van der Waals surface area contributed by atoms with E-state index in [0.29, 0.717) is 19.3 Å². The first kappa shape index (κ1) is 20.9. The van der Waals surface area contributed by atoms with Crippen LogP contribution >= 0.6 is 0 Å². The van der Waals surface area contributed by atoms with Crippen LogP contribution in [0.4, 0.5) is 0 Å². The summed E-state index contributed by atoms with van der Waals surface area (Å²) in [6.45, 7) is 3.77.